The van der Waals surface area contributed by atoms with Gasteiger partial charge in [-0.1, -0.05) is 24.3 Å². The number of hydrogen-bond donors (Lipinski definition) is 2. The molecule has 1 aromatic carbocycles. The molecule has 0 fully saturated rings. The number of para-hydroxylation sites is 1. The minimum Gasteiger partial charge on any atom is -0.480 e. The largest absolute Gasteiger partial charge is 0.480 e. The fourth-order valence-corrected chi connectivity index (χ4v) is 2.09. The number of hydrogen-bond acceptors (Lipinski definition) is 3. The molecule has 1 atom stereocenters. The van der Waals surface area contributed by atoms with Gasteiger partial charge in [-0.3, -0.25) is 4.79 Å². The summed E-state index contributed by atoms with van der Waals surface area (Å²) in [4.78, 5) is 23.2. The quantitative estimate of drug-likeness (QED) is 0.801. The highest BCUT2D eigenvalue weighted by molar-refractivity contribution is 5.98. The summed E-state index contributed by atoms with van der Waals surface area (Å²) in [6, 6.07) is 6.26. The van der Waals surface area contributed by atoms with Gasteiger partial charge in [-0.25, -0.2) is 4.79 Å². The lowest BCUT2D eigenvalue weighted by Gasteiger charge is -2.12. The maximum Gasteiger partial charge on any atom is 0.326 e. The summed E-state index contributed by atoms with van der Waals surface area (Å²) < 4.78 is 5.52. The van der Waals surface area contributed by atoms with E-state index in [9.17, 15) is 9.59 Å². The van der Waals surface area contributed by atoms with Crippen LogP contribution in [0.25, 0.3) is 11.0 Å². The van der Waals surface area contributed by atoms with Crippen molar-refractivity contribution >= 4 is 22.8 Å². The van der Waals surface area contributed by atoms with Crippen molar-refractivity contribution in [2.75, 3.05) is 0 Å². The molecule has 0 radical (unpaired) electrons. The third kappa shape index (κ3) is 3.31. The minimum atomic E-state index is -1.07. The molecule has 1 aromatic heterocycles. The Bertz CT molecular complexity index is 687. The first-order chi connectivity index (χ1) is 10.0. The van der Waals surface area contributed by atoms with Gasteiger partial charge in [0.1, 0.15) is 11.6 Å². The first kappa shape index (κ1) is 14.8. The van der Waals surface area contributed by atoms with Crippen LogP contribution >= 0.6 is 0 Å². The van der Waals surface area contributed by atoms with Gasteiger partial charge in [0, 0.05) is 5.39 Å². The molecule has 1 amide bonds. The van der Waals surface area contributed by atoms with E-state index in [0.29, 0.717) is 18.4 Å². The molecule has 0 saturated carbocycles. The maximum atomic E-state index is 12.1. The van der Waals surface area contributed by atoms with Crippen LogP contribution in [0.4, 0.5) is 0 Å². The highest BCUT2D eigenvalue weighted by Crippen LogP contribution is 2.22. The van der Waals surface area contributed by atoms with Crippen LogP contribution in [0.1, 0.15) is 29.0 Å². The first-order valence-electron chi connectivity index (χ1n) is 6.66. The zero-order valence-electron chi connectivity index (χ0n) is 11.8. The summed E-state index contributed by atoms with van der Waals surface area (Å²) in [6.45, 7) is 5.43. The molecule has 5 nitrogen and oxygen atoms in total. The Hall–Kier alpha value is -2.56. The number of carbonyl (C=O) groups is 2. The summed E-state index contributed by atoms with van der Waals surface area (Å²) in [6.07, 6.45) is 2.42. The van der Waals surface area contributed by atoms with Gasteiger partial charge >= 0.3 is 5.97 Å². The van der Waals surface area contributed by atoms with Gasteiger partial charge in [-0.2, -0.15) is 0 Å². The predicted molar refractivity (Wildman–Crippen MR) is 79.3 cm³/mol. The minimum absolute atomic E-state index is 0.115. The molecular weight excluding hydrogens is 270 g/mol. The molecule has 0 bridgehead atoms. The van der Waals surface area contributed by atoms with Crippen molar-refractivity contribution in [3.05, 3.63) is 48.2 Å². The molecule has 2 aromatic rings. The Morgan fingerprint density at radius 1 is 1.48 bits per heavy atom. The van der Waals surface area contributed by atoms with E-state index in [2.05, 4.69) is 11.9 Å². The number of furan rings is 1. The number of fused-ring (bicyclic) bond motifs is 1. The number of nitrogens with one attached hydrogen (secondary N) is 1. The zero-order chi connectivity index (χ0) is 15.4. The second kappa shape index (κ2) is 6.26. The van der Waals surface area contributed by atoms with Crippen LogP contribution in [0.15, 0.2) is 41.3 Å². The number of allylic oxidation sites excluding steroid dienone is 1. The van der Waals surface area contributed by atoms with Crippen LogP contribution in [0, 0.1) is 6.92 Å². The molecule has 21 heavy (non-hydrogen) atoms. The normalized spacial score (nSPS) is 12.0. The van der Waals surface area contributed by atoms with Gasteiger partial charge in [0.15, 0.2) is 5.76 Å². The Morgan fingerprint density at radius 3 is 2.86 bits per heavy atom. The average molecular weight is 287 g/mol. The van der Waals surface area contributed by atoms with Crippen LogP contribution < -0.4 is 5.32 Å². The molecule has 2 N–H and O–H groups in total. The van der Waals surface area contributed by atoms with Gasteiger partial charge in [-0.15, -0.1) is 6.58 Å². The van der Waals surface area contributed by atoms with Crippen LogP contribution in [0.3, 0.4) is 0 Å². The van der Waals surface area contributed by atoms with Crippen molar-refractivity contribution in [3.63, 3.8) is 0 Å². The van der Waals surface area contributed by atoms with Crippen molar-refractivity contribution in [1.29, 1.82) is 0 Å². The molecule has 1 heterocycles. The van der Waals surface area contributed by atoms with Crippen LogP contribution in [0.5, 0.6) is 0 Å². The molecule has 0 aliphatic carbocycles. The molecule has 0 aliphatic rings. The third-order valence-corrected chi connectivity index (χ3v) is 3.23. The van der Waals surface area contributed by atoms with E-state index in [4.69, 9.17) is 9.52 Å². The highest BCUT2D eigenvalue weighted by Gasteiger charge is 2.22. The molecule has 1 unspecified atom stereocenters. The summed E-state index contributed by atoms with van der Waals surface area (Å²) in [5.41, 5.74) is 1.56. The fraction of sp³-hybridized carbons (Fsp3) is 0.250. The Labute approximate surface area is 122 Å². The Kier molecular flexibility index (Phi) is 4.42. The Morgan fingerprint density at radius 2 is 2.24 bits per heavy atom. The van der Waals surface area contributed by atoms with E-state index >= 15 is 0 Å². The van der Waals surface area contributed by atoms with Gasteiger partial charge in [0.2, 0.25) is 0 Å². The average Bonchev–Trinajstić information content (AvgIpc) is 2.88. The zero-order valence-corrected chi connectivity index (χ0v) is 11.8. The topological polar surface area (TPSA) is 79.5 Å². The number of benzene rings is 1. The van der Waals surface area contributed by atoms with Crippen LogP contribution in [0.2, 0.25) is 0 Å². The fourth-order valence-electron chi connectivity index (χ4n) is 2.09. The van der Waals surface area contributed by atoms with Crippen molar-refractivity contribution in [3.8, 4) is 0 Å². The number of aryl methyl sites for hydroxylation is 1. The number of carboxylic acid groups (broad SMARTS) is 1. The van der Waals surface area contributed by atoms with Crippen LogP contribution in [-0.4, -0.2) is 23.0 Å². The SMILES string of the molecule is C=CCCC(NC(=O)c1cc2cccc(C)c2o1)C(=O)O. The number of aliphatic carboxylic acids is 1. The van der Waals surface area contributed by atoms with Gasteiger partial charge in [0.05, 0.1) is 0 Å². The lowest BCUT2D eigenvalue weighted by molar-refractivity contribution is -0.139. The smallest absolute Gasteiger partial charge is 0.326 e. The summed E-state index contributed by atoms with van der Waals surface area (Å²) in [5.74, 6) is -1.48. The molecule has 0 saturated heterocycles. The molecule has 2 rings (SSSR count). The number of amides is 1. The summed E-state index contributed by atoms with van der Waals surface area (Å²) in [5, 5.41) is 12.4. The van der Waals surface area contributed by atoms with Crippen molar-refractivity contribution in [2.24, 2.45) is 0 Å². The summed E-state index contributed by atoms with van der Waals surface area (Å²) >= 11 is 0. The van der Waals surface area contributed by atoms with Gasteiger partial charge < -0.3 is 14.8 Å². The van der Waals surface area contributed by atoms with E-state index in [1.165, 1.54) is 0 Å². The third-order valence-electron chi connectivity index (χ3n) is 3.23. The van der Waals surface area contributed by atoms with Gasteiger partial charge in [-0.05, 0) is 31.4 Å². The molecule has 0 aliphatic heterocycles. The summed E-state index contributed by atoms with van der Waals surface area (Å²) in [7, 11) is 0. The van der Waals surface area contributed by atoms with E-state index in [0.717, 1.165) is 10.9 Å². The Balaban J connectivity index is 2.19. The molecule has 5 heteroatoms. The van der Waals surface area contributed by atoms with E-state index in [1.807, 2.05) is 25.1 Å². The van der Waals surface area contributed by atoms with Crippen molar-refractivity contribution < 1.29 is 19.1 Å². The maximum absolute atomic E-state index is 12.1. The lowest BCUT2D eigenvalue weighted by atomic mass is 10.1. The standard InChI is InChI=1S/C16H17NO4/c1-3-4-8-12(16(19)20)17-15(18)13-9-11-7-5-6-10(2)14(11)21-13/h3,5-7,9,12H,1,4,8H2,2H3,(H,17,18)(H,19,20). The van der Waals surface area contributed by atoms with Crippen LogP contribution in [-0.2, 0) is 4.79 Å². The van der Waals surface area contributed by atoms with E-state index < -0.39 is 17.9 Å². The number of carbonyl (C=O) groups excluding carboxylic acids is 1. The second-order valence-electron chi connectivity index (χ2n) is 4.83. The number of carboxylic acids is 1. The van der Waals surface area contributed by atoms with Crippen molar-refractivity contribution in [1.82, 2.24) is 5.32 Å². The molecule has 0 spiro atoms. The molecular formula is C16H17NO4. The van der Waals surface area contributed by atoms with Crippen molar-refractivity contribution in [2.45, 2.75) is 25.8 Å². The highest BCUT2D eigenvalue weighted by atomic mass is 16.4. The van der Waals surface area contributed by atoms with E-state index in [-0.39, 0.29) is 5.76 Å². The molecule has 110 valence electrons. The first-order valence-corrected chi connectivity index (χ1v) is 6.66. The number of rotatable bonds is 6. The second-order valence-corrected chi connectivity index (χ2v) is 4.83. The lowest BCUT2D eigenvalue weighted by Crippen LogP contribution is -2.40. The predicted octanol–water partition coefficient (Wildman–Crippen LogP) is 2.89. The van der Waals surface area contributed by atoms with E-state index in [1.54, 1.807) is 12.1 Å². The van der Waals surface area contributed by atoms with Gasteiger partial charge in [0.25, 0.3) is 5.91 Å². The monoisotopic (exact) mass is 287 g/mol.